The van der Waals surface area contributed by atoms with Gasteiger partial charge in [0.15, 0.2) is 5.92 Å². The molecule has 0 saturated heterocycles. The minimum Gasteiger partial charge on any atom is -0.465 e. The van der Waals surface area contributed by atoms with E-state index in [0.29, 0.717) is 5.69 Å². The maximum atomic E-state index is 12.0. The first kappa shape index (κ1) is 15.5. The Bertz CT molecular complexity index is 491. The molecule has 0 radical (unpaired) electrons. The van der Waals surface area contributed by atoms with Gasteiger partial charge in [-0.25, -0.2) is 4.98 Å². The third-order valence-corrected chi connectivity index (χ3v) is 3.34. The van der Waals surface area contributed by atoms with Gasteiger partial charge in [0.2, 0.25) is 0 Å². The fourth-order valence-corrected chi connectivity index (χ4v) is 2.19. The van der Waals surface area contributed by atoms with Crippen LogP contribution in [0, 0.1) is 5.92 Å². The Hall–Kier alpha value is -1.89. The molecule has 1 atom stereocenters. The highest BCUT2D eigenvalue weighted by Gasteiger charge is 2.40. The molecule has 0 bridgehead atoms. The van der Waals surface area contributed by atoms with Gasteiger partial charge >= 0.3 is 11.9 Å². The Morgan fingerprint density at radius 1 is 1.33 bits per heavy atom. The summed E-state index contributed by atoms with van der Waals surface area (Å²) in [4.78, 5) is 28.0. The molecule has 1 N–H and O–H groups in total. The molecule has 0 aliphatic heterocycles. The summed E-state index contributed by atoms with van der Waals surface area (Å²) < 4.78 is 11.6. The van der Waals surface area contributed by atoms with Crippen LogP contribution in [0.15, 0.2) is 12.5 Å². The maximum Gasteiger partial charge on any atom is 0.323 e. The van der Waals surface area contributed by atoms with Crippen LogP contribution in [0.25, 0.3) is 0 Å². The Morgan fingerprint density at radius 2 is 1.90 bits per heavy atom. The Balaban J connectivity index is 2.23. The Kier molecular flexibility index (Phi) is 4.95. The van der Waals surface area contributed by atoms with Gasteiger partial charge in [-0.2, -0.15) is 0 Å². The van der Waals surface area contributed by atoms with Gasteiger partial charge in [0.1, 0.15) is 6.10 Å². The van der Waals surface area contributed by atoms with E-state index in [-0.39, 0.29) is 19.3 Å². The van der Waals surface area contributed by atoms with Crippen LogP contribution in [0.4, 0.5) is 0 Å². The topological polar surface area (TPSA) is 90.7 Å². The zero-order valence-corrected chi connectivity index (χ0v) is 12.2. The Morgan fingerprint density at radius 3 is 2.38 bits per heavy atom. The first-order chi connectivity index (χ1) is 10.1. The van der Waals surface area contributed by atoms with Crippen molar-refractivity contribution < 1.29 is 24.2 Å². The molecule has 1 saturated carbocycles. The number of imidazole rings is 1. The van der Waals surface area contributed by atoms with Crippen molar-refractivity contribution in [3.63, 3.8) is 0 Å². The number of ether oxygens (including phenoxy) is 2. The Labute approximate surface area is 122 Å². The van der Waals surface area contributed by atoms with Crippen LogP contribution >= 0.6 is 0 Å². The molecule has 1 aromatic heterocycles. The summed E-state index contributed by atoms with van der Waals surface area (Å²) in [5, 5.41) is 10.5. The van der Waals surface area contributed by atoms with E-state index >= 15 is 0 Å². The van der Waals surface area contributed by atoms with Gasteiger partial charge in [-0.3, -0.25) is 9.59 Å². The van der Waals surface area contributed by atoms with Gasteiger partial charge in [0.25, 0.3) is 0 Å². The number of carbonyl (C=O) groups is 2. The van der Waals surface area contributed by atoms with E-state index in [4.69, 9.17) is 9.47 Å². The second-order valence-corrected chi connectivity index (χ2v) is 4.88. The van der Waals surface area contributed by atoms with Gasteiger partial charge in [-0.1, -0.05) is 0 Å². The molecule has 1 unspecified atom stereocenters. The van der Waals surface area contributed by atoms with Crippen molar-refractivity contribution in [1.82, 2.24) is 9.55 Å². The number of aliphatic hydroxyl groups is 1. The molecule has 116 valence electrons. The van der Waals surface area contributed by atoms with Crippen LogP contribution in [-0.2, 0) is 19.1 Å². The number of aromatic nitrogens is 2. The van der Waals surface area contributed by atoms with Crippen LogP contribution in [0.1, 0.15) is 44.5 Å². The van der Waals surface area contributed by atoms with E-state index in [0.717, 1.165) is 12.8 Å². The standard InChI is InChI=1S/C14H20N2O5/c1-3-20-13(18)11(14(19)21-4-2)12(17)10-7-15-8-16(10)9-5-6-9/h7-9,11-12,17H,3-6H2,1-2H3. The van der Waals surface area contributed by atoms with E-state index in [9.17, 15) is 14.7 Å². The summed E-state index contributed by atoms with van der Waals surface area (Å²) in [6, 6.07) is 0.280. The van der Waals surface area contributed by atoms with Crippen molar-refractivity contribution in [2.75, 3.05) is 13.2 Å². The van der Waals surface area contributed by atoms with Crippen LogP contribution in [0.3, 0.4) is 0 Å². The van der Waals surface area contributed by atoms with Gasteiger partial charge < -0.3 is 19.1 Å². The highest BCUT2D eigenvalue weighted by molar-refractivity contribution is 5.95. The summed E-state index contributed by atoms with van der Waals surface area (Å²) in [5.41, 5.74) is 0.434. The average molecular weight is 296 g/mol. The van der Waals surface area contributed by atoms with E-state index in [1.807, 2.05) is 0 Å². The lowest BCUT2D eigenvalue weighted by molar-refractivity contribution is -0.167. The number of carbonyl (C=O) groups excluding carboxylic acids is 2. The van der Waals surface area contributed by atoms with Crippen LogP contribution in [0.5, 0.6) is 0 Å². The van der Waals surface area contributed by atoms with Crippen molar-refractivity contribution in [2.24, 2.45) is 5.92 Å². The number of hydrogen-bond donors (Lipinski definition) is 1. The minimum atomic E-state index is -1.39. The van der Waals surface area contributed by atoms with E-state index in [1.54, 1.807) is 24.7 Å². The molecule has 1 fully saturated rings. The number of rotatable bonds is 7. The molecule has 7 heteroatoms. The first-order valence-electron chi connectivity index (χ1n) is 7.13. The number of hydrogen-bond acceptors (Lipinski definition) is 6. The molecule has 1 aliphatic rings. The van der Waals surface area contributed by atoms with Crippen LogP contribution < -0.4 is 0 Å². The molecule has 0 aromatic carbocycles. The molecule has 1 aromatic rings. The van der Waals surface area contributed by atoms with Crippen molar-refractivity contribution in [3.05, 3.63) is 18.2 Å². The minimum absolute atomic E-state index is 0.128. The molecule has 1 heterocycles. The lowest BCUT2D eigenvalue weighted by Crippen LogP contribution is -2.34. The molecular weight excluding hydrogens is 276 g/mol. The fourth-order valence-electron chi connectivity index (χ4n) is 2.19. The molecule has 0 amide bonds. The third kappa shape index (κ3) is 3.41. The first-order valence-corrected chi connectivity index (χ1v) is 7.13. The van der Waals surface area contributed by atoms with Crippen molar-refractivity contribution in [3.8, 4) is 0 Å². The molecule has 0 spiro atoms. The second-order valence-electron chi connectivity index (χ2n) is 4.88. The van der Waals surface area contributed by atoms with Crippen LogP contribution in [0.2, 0.25) is 0 Å². The van der Waals surface area contributed by atoms with Gasteiger partial charge in [-0.05, 0) is 26.7 Å². The predicted molar refractivity (Wildman–Crippen MR) is 72.2 cm³/mol. The van der Waals surface area contributed by atoms with E-state index < -0.39 is 24.0 Å². The van der Waals surface area contributed by atoms with E-state index in [2.05, 4.69) is 4.98 Å². The predicted octanol–water partition coefficient (Wildman–Crippen LogP) is 0.994. The monoisotopic (exact) mass is 296 g/mol. The second kappa shape index (κ2) is 6.71. The average Bonchev–Trinajstić information content (AvgIpc) is 3.16. The lowest BCUT2D eigenvalue weighted by atomic mass is 10.00. The summed E-state index contributed by atoms with van der Waals surface area (Å²) in [6.45, 7) is 3.54. The summed E-state index contributed by atoms with van der Waals surface area (Å²) in [5.74, 6) is -2.96. The van der Waals surface area contributed by atoms with Crippen molar-refractivity contribution in [2.45, 2.75) is 38.8 Å². The SMILES string of the molecule is CCOC(=O)C(C(=O)OCC)C(O)c1cncn1C1CC1. The maximum absolute atomic E-state index is 12.0. The fraction of sp³-hybridized carbons (Fsp3) is 0.643. The highest BCUT2D eigenvalue weighted by atomic mass is 16.6. The number of esters is 2. The number of nitrogens with zero attached hydrogens (tertiary/aromatic N) is 2. The smallest absolute Gasteiger partial charge is 0.323 e. The molecule has 1 aliphatic carbocycles. The molecule has 21 heavy (non-hydrogen) atoms. The summed E-state index contributed by atoms with van der Waals surface area (Å²) in [7, 11) is 0. The molecule has 7 nitrogen and oxygen atoms in total. The zero-order valence-electron chi connectivity index (χ0n) is 12.2. The van der Waals surface area contributed by atoms with E-state index in [1.165, 1.54) is 6.20 Å². The van der Waals surface area contributed by atoms with Crippen LogP contribution in [-0.4, -0.2) is 39.8 Å². The van der Waals surface area contributed by atoms with Gasteiger partial charge in [0, 0.05) is 6.04 Å². The zero-order chi connectivity index (χ0) is 15.4. The third-order valence-electron chi connectivity index (χ3n) is 3.34. The largest absolute Gasteiger partial charge is 0.465 e. The highest BCUT2D eigenvalue weighted by Crippen LogP contribution is 2.38. The lowest BCUT2D eigenvalue weighted by Gasteiger charge is -2.20. The quantitative estimate of drug-likeness (QED) is 0.596. The van der Waals surface area contributed by atoms with Gasteiger partial charge in [-0.15, -0.1) is 0 Å². The summed E-state index contributed by atoms with van der Waals surface area (Å²) >= 11 is 0. The molecule has 2 rings (SSSR count). The normalized spacial score (nSPS) is 15.8. The number of aliphatic hydroxyl groups excluding tert-OH is 1. The van der Waals surface area contributed by atoms with Crippen molar-refractivity contribution >= 4 is 11.9 Å². The van der Waals surface area contributed by atoms with Crippen molar-refractivity contribution in [1.29, 1.82) is 0 Å². The van der Waals surface area contributed by atoms with Gasteiger partial charge in [0.05, 0.1) is 31.4 Å². The molecular formula is C14H20N2O5. The summed E-state index contributed by atoms with van der Waals surface area (Å²) in [6.07, 6.45) is 3.74.